The van der Waals surface area contributed by atoms with Crippen molar-refractivity contribution in [3.05, 3.63) is 64.9 Å². The number of benzene rings is 2. The number of aromatic nitrogens is 2. The van der Waals surface area contributed by atoms with Gasteiger partial charge < -0.3 is 14.8 Å². The largest absolute Gasteiger partial charge is 0.493 e. The van der Waals surface area contributed by atoms with Crippen molar-refractivity contribution in [1.82, 2.24) is 9.78 Å². The van der Waals surface area contributed by atoms with Gasteiger partial charge in [-0.15, -0.1) is 0 Å². The molecule has 2 aromatic carbocycles. The number of hydrogen-bond donors (Lipinski definition) is 1. The van der Waals surface area contributed by atoms with E-state index in [-0.39, 0.29) is 23.6 Å². The van der Waals surface area contributed by atoms with Crippen molar-refractivity contribution in [2.24, 2.45) is 0 Å². The summed E-state index contributed by atoms with van der Waals surface area (Å²) in [6, 6.07) is 11.3. The Morgan fingerprint density at radius 3 is 2.35 bits per heavy atom. The van der Waals surface area contributed by atoms with Gasteiger partial charge in [0.15, 0.2) is 21.3 Å². The van der Waals surface area contributed by atoms with E-state index in [1.165, 1.54) is 37.0 Å². The van der Waals surface area contributed by atoms with Gasteiger partial charge >= 0.3 is 0 Å². The third kappa shape index (κ3) is 7.92. The van der Waals surface area contributed by atoms with Gasteiger partial charge in [0.1, 0.15) is 18.9 Å². The van der Waals surface area contributed by atoms with Gasteiger partial charge in [-0.2, -0.15) is 13.5 Å². The number of rotatable bonds is 11. The molecule has 37 heavy (non-hydrogen) atoms. The van der Waals surface area contributed by atoms with Crippen LogP contribution in [0, 0.1) is 0 Å². The average Bonchev–Trinajstić information content (AvgIpc) is 3.25. The molecule has 1 aromatic heterocycles. The lowest BCUT2D eigenvalue weighted by Crippen LogP contribution is -2.23. The Balaban J connectivity index is 1.85. The molecule has 11 nitrogen and oxygen atoms in total. The first-order valence-electron chi connectivity index (χ1n) is 10.8. The van der Waals surface area contributed by atoms with E-state index in [4.69, 9.17) is 25.3 Å². The monoisotopic (exact) mass is 571 g/mol. The Kier molecular flexibility index (Phi) is 8.84. The van der Waals surface area contributed by atoms with E-state index < -0.39 is 37.7 Å². The molecule has 0 radical (unpaired) electrons. The standard InChI is InChI=1S/C23H26ClN3O8S2/c1-15(36(3,29)30)13-34-21-10-7-17(11-22(21)33-2)25-23(28)19-12-27(18-8-5-16(24)6-9-18)26-20(19)14-35-37(4,31)32/h5-12,15H,13-14H2,1-4H3,(H,25,28). The second kappa shape index (κ2) is 11.5. The first-order valence-corrected chi connectivity index (χ1v) is 14.9. The van der Waals surface area contributed by atoms with Crippen LogP contribution in [0.2, 0.25) is 5.02 Å². The van der Waals surface area contributed by atoms with E-state index in [0.717, 1.165) is 12.5 Å². The number of anilines is 1. The van der Waals surface area contributed by atoms with Crippen molar-refractivity contribution in [2.75, 3.05) is 31.5 Å². The van der Waals surface area contributed by atoms with Crippen LogP contribution in [0.4, 0.5) is 5.69 Å². The number of ether oxygens (including phenoxy) is 2. The highest BCUT2D eigenvalue weighted by Crippen LogP contribution is 2.31. The molecule has 1 amide bonds. The van der Waals surface area contributed by atoms with Crippen LogP contribution in [0.3, 0.4) is 0 Å². The minimum absolute atomic E-state index is 0.0749. The molecule has 0 bridgehead atoms. The van der Waals surface area contributed by atoms with E-state index in [2.05, 4.69) is 10.4 Å². The normalized spacial score (nSPS) is 12.7. The van der Waals surface area contributed by atoms with Gasteiger partial charge in [-0.3, -0.25) is 8.98 Å². The number of carbonyl (C=O) groups excluding carboxylic acids is 1. The van der Waals surface area contributed by atoms with Crippen molar-refractivity contribution in [3.63, 3.8) is 0 Å². The van der Waals surface area contributed by atoms with E-state index >= 15 is 0 Å². The van der Waals surface area contributed by atoms with Crippen molar-refractivity contribution in [3.8, 4) is 17.2 Å². The van der Waals surface area contributed by atoms with Gasteiger partial charge in [0.25, 0.3) is 16.0 Å². The fourth-order valence-corrected chi connectivity index (χ4v) is 3.76. The Labute approximate surface area is 220 Å². The molecule has 1 atom stereocenters. The molecule has 0 saturated heterocycles. The number of nitrogens with one attached hydrogen (secondary N) is 1. The third-order valence-corrected chi connectivity index (χ3v) is 7.56. The van der Waals surface area contributed by atoms with Gasteiger partial charge in [0, 0.05) is 29.2 Å². The molecule has 1 unspecified atom stereocenters. The van der Waals surface area contributed by atoms with Crippen molar-refractivity contribution in [1.29, 1.82) is 0 Å². The minimum atomic E-state index is -3.79. The number of halogens is 1. The molecule has 200 valence electrons. The van der Waals surface area contributed by atoms with Gasteiger partial charge in [0.2, 0.25) is 0 Å². The minimum Gasteiger partial charge on any atom is -0.493 e. The molecule has 0 saturated carbocycles. The number of hydrogen-bond acceptors (Lipinski definition) is 9. The predicted octanol–water partition coefficient (Wildman–Crippen LogP) is 3.07. The zero-order valence-corrected chi connectivity index (χ0v) is 22.9. The van der Waals surface area contributed by atoms with Crippen molar-refractivity contribution >= 4 is 43.2 Å². The number of sulfone groups is 1. The predicted molar refractivity (Wildman–Crippen MR) is 139 cm³/mol. The number of carbonyl (C=O) groups is 1. The Hall–Kier alpha value is -3.13. The highest BCUT2D eigenvalue weighted by Gasteiger charge is 2.21. The number of methoxy groups -OCH3 is 1. The topological polar surface area (TPSA) is 143 Å². The molecule has 3 rings (SSSR count). The second-order valence-corrected chi connectivity index (χ2v) is 12.7. The van der Waals surface area contributed by atoms with Crippen LogP contribution < -0.4 is 14.8 Å². The maximum absolute atomic E-state index is 13.1. The first kappa shape index (κ1) is 28.4. The Morgan fingerprint density at radius 1 is 1.08 bits per heavy atom. The summed E-state index contributed by atoms with van der Waals surface area (Å²) in [5.74, 6) is -0.00136. The van der Waals surface area contributed by atoms with Gasteiger partial charge in [0.05, 0.1) is 29.9 Å². The zero-order chi connectivity index (χ0) is 27.4. The molecule has 0 aliphatic heterocycles. The van der Waals surface area contributed by atoms with Gasteiger partial charge in [-0.05, 0) is 43.3 Å². The molecular formula is C23H26ClN3O8S2. The van der Waals surface area contributed by atoms with Crippen LogP contribution in [-0.2, 0) is 30.7 Å². The first-order chi connectivity index (χ1) is 17.3. The number of nitrogens with zero attached hydrogens (tertiary/aromatic N) is 2. The molecule has 3 aromatic rings. The zero-order valence-electron chi connectivity index (χ0n) is 20.5. The molecule has 0 spiro atoms. The van der Waals surface area contributed by atoms with Crippen LogP contribution in [-0.4, -0.2) is 64.0 Å². The van der Waals surface area contributed by atoms with Gasteiger partial charge in [-0.1, -0.05) is 11.6 Å². The second-order valence-electron chi connectivity index (χ2n) is 8.15. The highest BCUT2D eigenvalue weighted by atomic mass is 35.5. The summed E-state index contributed by atoms with van der Waals surface area (Å²) in [6.07, 6.45) is 3.47. The molecule has 0 aliphatic carbocycles. The Morgan fingerprint density at radius 2 is 1.76 bits per heavy atom. The smallest absolute Gasteiger partial charge is 0.264 e. The van der Waals surface area contributed by atoms with E-state index in [1.807, 2.05) is 0 Å². The summed E-state index contributed by atoms with van der Waals surface area (Å²) in [6.45, 7) is 1.01. The van der Waals surface area contributed by atoms with E-state index in [0.29, 0.717) is 22.1 Å². The summed E-state index contributed by atoms with van der Waals surface area (Å²) >= 11 is 5.94. The van der Waals surface area contributed by atoms with Crippen LogP contribution >= 0.6 is 11.6 Å². The van der Waals surface area contributed by atoms with Crippen LogP contribution in [0.1, 0.15) is 23.0 Å². The summed E-state index contributed by atoms with van der Waals surface area (Å²) in [5, 5.41) is 6.82. The summed E-state index contributed by atoms with van der Waals surface area (Å²) in [5.41, 5.74) is 1.12. The maximum Gasteiger partial charge on any atom is 0.264 e. The van der Waals surface area contributed by atoms with Crippen LogP contribution in [0.15, 0.2) is 48.7 Å². The molecule has 1 heterocycles. The molecule has 1 N–H and O–H groups in total. The average molecular weight is 572 g/mol. The summed E-state index contributed by atoms with van der Waals surface area (Å²) in [4.78, 5) is 13.1. The number of amides is 1. The lowest BCUT2D eigenvalue weighted by molar-refractivity contribution is 0.102. The van der Waals surface area contributed by atoms with Crippen molar-refractivity contribution < 1.29 is 35.3 Å². The summed E-state index contributed by atoms with van der Waals surface area (Å²) in [7, 11) is -5.65. The SMILES string of the molecule is COc1cc(NC(=O)c2cn(-c3ccc(Cl)cc3)nc2COS(C)(=O)=O)ccc1OCC(C)S(C)(=O)=O. The van der Waals surface area contributed by atoms with Crippen LogP contribution in [0.5, 0.6) is 11.5 Å². The molecule has 0 aliphatic rings. The fourth-order valence-electron chi connectivity index (χ4n) is 2.99. The van der Waals surface area contributed by atoms with Crippen molar-refractivity contribution in [2.45, 2.75) is 18.8 Å². The fraction of sp³-hybridized carbons (Fsp3) is 0.304. The quantitative estimate of drug-likeness (QED) is 0.343. The van der Waals surface area contributed by atoms with Gasteiger partial charge in [-0.25, -0.2) is 13.1 Å². The Bertz CT molecular complexity index is 1490. The molecule has 0 fully saturated rings. The third-order valence-electron chi connectivity index (χ3n) is 5.16. The highest BCUT2D eigenvalue weighted by molar-refractivity contribution is 7.91. The lowest BCUT2D eigenvalue weighted by atomic mass is 10.2. The molecular weight excluding hydrogens is 546 g/mol. The van der Waals surface area contributed by atoms with Crippen LogP contribution in [0.25, 0.3) is 5.69 Å². The maximum atomic E-state index is 13.1. The summed E-state index contributed by atoms with van der Waals surface area (Å²) < 4.78 is 63.5. The van der Waals surface area contributed by atoms with E-state index in [9.17, 15) is 21.6 Å². The molecule has 14 heteroatoms. The lowest BCUT2D eigenvalue weighted by Gasteiger charge is -2.15. The van der Waals surface area contributed by atoms with E-state index in [1.54, 1.807) is 30.3 Å².